The van der Waals surface area contributed by atoms with Crippen molar-refractivity contribution in [2.24, 2.45) is 11.7 Å². The van der Waals surface area contributed by atoms with Gasteiger partial charge in [-0.15, -0.1) is 0 Å². The molecule has 0 radical (unpaired) electrons. The van der Waals surface area contributed by atoms with E-state index in [1.807, 2.05) is 12.1 Å². The monoisotopic (exact) mass is 385 g/mol. The molecule has 1 amide bonds. The summed E-state index contributed by atoms with van der Waals surface area (Å²) in [5.74, 6) is -1.55. The van der Waals surface area contributed by atoms with Crippen molar-refractivity contribution in [3.05, 3.63) is 34.9 Å². The quantitative estimate of drug-likeness (QED) is 0.595. The Morgan fingerprint density at radius 3 is 2.84 bits per heavy atom. The summed E-state index contributed by atoms with van der Waals surface area (Å²) in [4.78, 5) is 24.3. The Hall–Kier alpha value is -0.680. The normalized spacial score (nSPS) is 32.8. The van der Waals surface area contributed by atoms with Crippen molar-refractivity contribution < 1.29 is 9.59 Å². The van der Waals surface area contributed by atoms with Gasteiger partial charge in [0.2, 0.25) is 5.91 Å². The number of alkyl halides is 2. The number of benzene rings is 1. The van der Waals surface area contributed by atoms with E-state index in [-0.39, 0.29) is 10.6 Å². The molecular weight excluding hydrogens is 374 g/mol. The molecule has 0 aromatic heterocycles. The second-order valence-electron chi connectivity index (χ2n) is 5.17. The molecule has 0 aliphatic heterocycles. The summed E-state index contributed by atoms with van der Waals surface area (Å²) in [6.07, 6.45) is 2.85. The number of halogens is 2. The summed E-state index contributed by atoms with van der Waals surface area (Å²) in [5.41, 5.74) is 8.25. The number of nitrogens with two attached hydrogens (primary N) is 1. The first kappa shape index (κ1) is 13.3. The van der Waals surface area contributed by atoms with Crippen LogP contribution < -0.4 is 5.73 Å². The SMILES string of the molecule is NC(=O)C1C(=O)c2cccc3c2C1(Br)C(Br)CCC3. The highest BCUT2D eigenvalue weighted by atomic mass is 79.9. The highest BCUT2D eigenvalue weighted by Crippen LogP contribution is 2.56. The van der Waals surface area contributed by atoms with Gasteiger partial charge in [-0.1, -0.05) is 50.1 Å². The molecule has 1 aromatic carbocycles. The first-order valence-corrected chi connectivity index (χ1v) is 7.97. The minimum Gasteiger partial charge on any atom is -0.369 e. The molecule has 2 aliphatic carbocycles. The molecule has 3 unspecified atom stereocenters. The third-order valence-electron chi connectivity index (χ3n) is 4.13. The fourth-order valence-electron chi connectivity index (χ4n) is 3.31. The number of hydrogen-bond donors (Lipinski definition) is 1. The zero-order valence-electron chi connectivity index (χ0n) is 10.2. The Morgan fingerprint density at radius 1 is 1.42 bits per heavy atom. The summed E-state index contributed by atoms with van der Waals surface area (Å²) in [6, 6.07) is 5.72. The molecular formula is C14H13Br2NO2. The molecule has 0 saturated heterocycles. The second-order valence-corrected chi connectivity index (χ2v) is 7.58. The van der Waals surface area contributed by atoms with Crippen LogP contribution in [-0.2, 0) is 15.5 Å². The van der Waals surface area contributed by atoms with E-state index in [1.165, 1.54) is 0 Å². The maximum atomic E-state index is 12.5. The van der Waals surface area contributed by atoms with E-state index >= 15 is 0 Å². The summed E-state index contributed by atoms with van der Waals surface area (Å²) in [7, 11) is 0. The minimum atomic E-state index is -0.828. The van der Waals surface area contributed by atoms with Crippen molar-refractivity contribution in [3.63, 3.8) is 0 Å². The molecule has 3 atom stereocenters. The zero-order chi connectivity index (χ0) is 13.8. The predicted molar refractivity (Wildman–Crippen MR) is 79.7 cm³/mol. The first-order valence-electron chi connectivity index (χ1n) is 6.26. The van der Waals surface area contributed by atoms with Gasteiger partial charge in [0.15, 0.2) is 5.78 Å². The largest absolute Gasteiger partial charge is 0.369 e. The lowest BCUT2D eigenvalue weighted by molar-refractivity contribution is -0.121. The van der Waals surface area contributed by atoms with Gasteiger partial charge in [-0.25, -0.2) is 0 Å². The maximum Gasteiger partial charge on any atom is 0.230 e. The van der Waals surface area contributed by atoms with Crippen LogP contribution in [0.1, 0.15) is 34.3 Å². The number of amides is 1. The predicted octanol–water partition coefficient (Wildman–Crippen LogP) is 2.67. The van der Waals surface area contributed by atoms with E-state index in [1.54, 1.807) is 6.07 Å². The number of carbonyl (C=O) groups is 2. The number of hydrogen-bond acceptors (Lipinski definition) is 2. The molecule has 0 fully saturated rings. The average molecular weight is 387 g/mol. The van der Waals surface area contributed by atoms with Crippen LogP contribution in [0.25, 0.3) is 0 Å². The van der Waals surface area contributed by atoms with E-state index in [4.69, 9.17) is 5.73 Å². The van der Waals surface area contributed by atoms with Crippen LogP contribution in [0.4, 0.5) is 0 Å². The van der Waals surface area contributed by atoms with Gasteiger partial charge >= 0.3 is 0 Å². The van der Waals surface area contributed by atoms with Crippen LogP contribution in [0.2, 0.25) is 0 Å². The topological polar surface area (TPSA) is 60.2 Å². The van der Waals surface area contributed by atoms with Gasteiger partial charge in [-0.2, -0.15) is 0 Å². The lowest BCUT2D eigenvalue weighted by Crippen LogP contribution is -2.43. The number of carbonyl (C=O) groups excluding carboxylic acids is 2. The Morgan fingerprint density at radius 2 is 2.16 bits per heavy atom. The summed E-state index contributed by atoms with van der Waals surface area (Å²) in [6.45, 7) is 0. The van der Waals surface area contributed by atoms with Crippen molar-refractivity contribution in [1.82, 2.24) is 0 Å². The molecule has 19 heavy (non-hydrogen) atoms. The van der Waals surface area contributed by atoms with Crippen LogP contribution >= 0.6 is 31.9 Å². The van der Waals surface area contributed by atoms with Crippen molar-refractivity contribution in [2.45, 2.75) is 28.4 Å². The molecule has 100 valence electrons. The fraction of sp³-hybridized carbons (Fsp3) is 0.429. The number of Topliss-reactive ketones (excluding diaryl/α,β-unsaturated/α-hetero) is 1. The number of aryl methyl sites for hydroxylation is 1. The molecule has 5 heteroatoms. The Balaban J connectivity index is 2.33. The van der Waals surface area contributed by atoms with E-state index < -0.39 is 16.1 Å². The van der Waals surface area contributed by atoms with Gasteiger partial charge in [0.1, 0.15) is 5.92 Å². The minimum absolute atomic E-state index is 0.0198. The first-order chi connectivity index (χ1) is 8.98. The fourth-order valence-corrected chi connectivity index (χ4v) is 5.26. The third kappa shape index (κ3) is 1.67. The highest BCUT2D eigenvalue weighted by Gasteiger charge is 2.58. The van der Waals surface area contributed by atoms with Crippen LogP contribution in [0.15, 0.2) is 18.2 Å². The molecule has 2 N–H and O–H groups in total. The smallest absolute Gasteiger partial charge is 0.230 e. The molecule has 0 saturated carbocycles. The summed E-state index contributed by atoms with van der Waals surface area (Å²) >= 11 is 7.35. The molecule has 3 nitrogen and oxygen atoms in total. The van der Waals surface area contributed by atoms with Gasteiger partial charge in [0.25, 0.3) is 0 Å². The number of primary amides is 1. The van der Waals surface area contributed by atoms with Crippen LogP contribution in [0.3, 0.4) is 0 Å². The van der Waals surface area contributed by atoms with Crippen LogP contribution in [0.5, 0.6) is 0 Å². The highest BCUT2D eigenvalue weighted by molar-refractivity contribution is 9.12. The van der Waals surface area contributed by atoms with Gasteiger partial charge in [-0.05, 0) is 30.4 Å². The van der Waals surface area contributed by atoms with Crippen LogP contribution in [0, 0.1) is 5.92 Å². The summed E-state index contributed by atoms with van der Waals surface area (Å²) in [5, 5.41) is 0. The Kier molecular flexibility index (Phi) is 3.09. The van der Waals surface area contributed by atoms with Gasteiger partial charge in [0.05, 0.1) is 4.32 Å². The molecule has 0 heterocycles. The van der Waals surface area contributed by atoms with Crippen molar-refractivity contribution in [1.29, 1.82) is 0 Å². The van der Waals surface area contributed by atoms with Gasteiger partial charge in [0, 0.05) is 10.4 Å². The lowest BCUT2D eigenvalue weighted by Gasteiger charge is -2.32. The molecule has 1 aromatic rings. The van der Waals surface area contributed by atoms with E-state index in [0.717, 1.165) is 30.4 Å². The zero-order valence-corrected chi connectivity index (χ0v) is 13.3. The average Bonchev–Trinajstić information content (AvgIpc) is 2.51. The molecule has 3 rings (SSSR count). The Bertz CT molecular complexity index is 587. The molecule has 0 spiro atoms. The molecule has 0 bridgehead atoms. The third-order valence-corrected chi connectivity index (χ3v) is 7.33. The maximum absolute atomic E-state index is 12.5. The lowest BCUT2D eigenvalue weighted by atomic mass is 9.87. The van der Waals surface area contributed by atoms with E-state index in [9.17, 15) is 9.59 Å². The summed E-state index contributed by atoms with van der Waals surface area (Å²) < 4.78 is -0.696. The van der Waals surface area contributed by atoms with E-state index in [0.29, 0.717) is 5.56 Å². The number of rotatable bonds is 1. The van der Waals surface area contributed by atoms with Crippen LogP contribution in [-0.4, -0.2) is 16.5 Å². The Labute approximate surface area is 128 Å². The van der Waals surface area contributed by atoms with Crippen molar-refractivity contribution in [3.8, 4) is 0 Å². The van der Waals surface area contributed by atoms with Gasteiger partial charge < -0.3 is 5.73 Å². The standard InChI is InChI=1S/C14H13Br2NO2/c15-9-6-2-4-7-3-1-5-8-10(7)14(9,16)11(12(8)18)13(17)19/h1,3,5,9,11H,2,4,6H2,(H2,17,19). The molecule has 2 aliphatic rings. The van der Waals surface area contributed by atoms with Crippen molar-refractivity contribution >= 4 is 43.6 Å². The number of ketones is 1. The van der Waals surface area contributed by atoms with Gasteiger partial charge in [-0.3, -0.25) is 9.59 Å². The van der Waals surface area contributed by atoms with Crippen molar-refractivity contribution in [2.75, 3.05) is 0 Å². The van der Waals surface area contributed by atoms with E-state index in [2.05, 4.69) is 31.9 Å². The second kappa shape index (κ2) is 4.42.